The van der Waals surface area contributed by atoms with E-state index in [-0.39, 0.29) is 18.1 Å². The molecule has 7 N–H and O–H groups in total. The molecular formula is C16H17N5O8. The standard InChI is InChI=1S/C16H17N5O8/c22-8-3-1-7(2-4-8)5-9(12(25)26)17-14-19-15(21-16(29)20-14)18-10(13(27)28)6-11(23)24/h1-4,9-10,22H,5-6H2,(H,23,24)(H,25,26)(H,27,28)(H3,17,18,19,20,21,29)/t9-,10-/m0/s1. The van der Waals surface area contributed by atoms with Crippen molar-refractivity contribution in [1.82, 2.24) is 15.0 Å². The first-order valence-electron chi connectivity index (χ1n) is 8.11. The van der Waals surface area contributed by atoms with E-state index in [0.717, 1.165) is 0 Å². The second kappa shape index (κ2) is 9.16. The number of rotatable bonds is 10. The molecule has 0 aliphatic rings. The number of aromatic nitrogens is 3. The molecule has 0 aliphatic heterocycles. The van der Waals surface area contributed by atoms with E-state index in [9.17, 15) is 29.4 Å². The second-order valence-electron chi connectivity index (χ2n) is 5.86. The van der Waals surface area contributed by atoms with Crippen molar-refractivity contribution >= 4 is 29.8 Å². The van der Waals surface area contributed by atoms with Gasteiger partial charge in [0.25, 0.3) is 0 Å². The van der Waals surface area contributed by atoms with Gasteiger partial charge >= 0.3 is 23.6 Å². The van der Waals surface area contributed by atoms with Gasteiger partial charge in [0, 0.05) is 6.42 Å². The number of aromatic hydroxyl groups is 1. The number of H-pyrrole nitrogens is 1. The van der Waals surface area contributed by atoms with Crippen molar-refractivity contribution in [2.75, 3.05) is 10.6 Å². The Kier molecular flexibility index (Phi) is 6.68. The Morgan fingerprint density at radius 3 is 2.14 bits per heavy atom. The monoisotopic (exact) mass is 407 g/mol. The van der Waals surface area contributed by atoms with E-state index < -0.39 is 48.1 Å². The Hall–Kier alpha value is -4.16. The van der Waals surface area contributed by atoms with Gasteiger partial charge < -0.3 is 31.1 Å². The summed E-state index contributed by atoms with van der Waals surface area (Å²) in [5, 5.41) is 41.2. The third-order valence-corrected chi connectivity index (χ3v) is 3.62. The molecule has 0 unspecified atom stereocenters. The molecule has 154 valence electrons. The van der Waals surface area contributed by atoms with Crippen LogP contribution in [0.5, 0.6) is 5.75 Å². The number of nitrogens with zero attached hydrogens (tertiary/aromatic N) is 2. The summed E-state index contributed by atoms with van der Waals surface area (Å²) in [4.78, 5) is 54.5. The number of aromatic amines is 1. The molecule has 0 spiro atoms. The topological polar surface area (TPSA) is 215 Å². The van der Waals surface area contributed by atoms with Gasteiger partial charge in [-0.2, -0.15) is 9.97 Å². The van der Waals surface area contributed by atoms with Crippen LogP contribution in [0.2, 0.25) is 0 Å². The zero-order valence-electron chi connectivity index (χ0n) is 14.7. The van der Waals surface area contributed by atoms with Crippen LogP contribution < -0.4 is 16.3 Å². The highest BCUT2D eigenvalue weighted by Crippen LogP contribution is 2.13. The average Bonchev–Trinajstić information content (AvgIpc) is 2.61. The van der Waals surface area contributed by atoms with Gasteiger partial charge in [0.05, 0.1) is 6.42 Å². The summed E-state index contributed by atoms with van der Waals surface area (Å²) in [6.45, 7) is 0. The number of aliphatic carboxylic acids is 3. The first-order valence-corrected chi connectivity index (χ1v) is 8.11. The van der Waals surface area contributed by atoms with Gasteiger partial charge in [0.1, 0.15) is 17.8 Å². The maximum absolute atomic E-state index is 11.7. The molecule has 0 bridgehead atoms. The summed E-state index contributed by atoms with van der Waals surface area (Å²) in [5.74, 6) is -4.94. The summed E-state index contributed by atoms with van der Waals surface area (Å²) in [7, 11) is 0. The first-order chi connectivity index (χ1) is 13.6. The van der Waals surface area contributed by atoms with Crippen LogP contribution in [0.4, 0.5) is 11.9 Å². The largest absolute Gasteiger partial charge is 0.508 e. The zero-order valence-corrected chi connectivity index (χ0v) is 14.7. The van der Waals surface area contributed by atoms with Gasteiger partial charge in [-0.1, -0.05) is 12.1 Å². The molecule has 13 heteroatoms. The van der Waals surface area contributed by atoms with Gasteiger partial charge in [-0.15, -0.1) is 0 Å². The highest BCUT2D eigenvalue weighted by molar-refractivity contribution is 5.83. The van der Waals surface area contributed by atoms with Crippen LogP contribution in [0.15, 0.2) is 29.1 Å². The van der Waals surface area contributed by atoms with Crippen molar-refractivity contribution in [3.05, 3.63) is 40.3 Å². The highest BCUT2D eigenvalue weighted by Gasteiger charge is 2.23. The molecule has 1 heterocycles. The number of phenols is 1. The Balaban J connectivity index is 2.20. The van der Waals surface area contributed by atoms with E-state index in [1.54, 1.807) is 0 Å². The lowest BCUT2D eigenvalue weighted by Crippen LogP contribution is -2.35. The van der Waals surface area contributed by atoms with Crippen LogP contribution >= 0.6 is 0 Å². The fraction of sp³-hybridized carbons (Fsp3) is 0.250. The third kappa shape index (κ3) is 6.50. The Bertz CT molecular complexity index is 959. The average molecular weight is 407 g/mol. The second-order valence-corrected chi connectivity index (χ2v) is 5.86. The van der Waals surface area contributed by atoms with Gasteiger partial charge in [0.15, 0.2) is 0 Å². The van der Waals surface area contributed by atoms with Crippen LogP contribution in [0.1, 0.15) is 12.0 Å². The molecule has 29 heavy (non-hydrogen) atoms. The van der Waals surface area contributed by atoms with E-state index in [4.69, 9.17) is 10.2 Å². The molecule has 0 fully saturated rings. The number of nitrogens with one attached hydrogen (secondary N) is 3. The van der Waals surface area contributed by atoms with Crippen molar-refractivity contribution in [2.24, 2.45) is 0 Å². The Morgan fingerprint density at radius 2 is 1.59 bits per heavy atom. The normalized spacial score (nSPS) is 12.6. The number of phenolic OH excluding ortho intramolecular Hbond substituents is 1. The SMILES string of the molecule is O=C(O)C[C@H](Nc1nc(N[C@@H](Cc2ccc(O)cc2)C(=O)O)[nH]c(=O)n1)C(=O)O. The van der Waals surface area contributed by atoms with Gasteiger partial charge in [0.2, 0.25) is 11.9 Å². The number of carbonyl (C=O) groups is 3. The Morgan fingerprint density at radius 1 is 0.966 bits per heavy atom. The Labute approximate surface area is 162 Å². The molecule has 0 radical (unpaired) electrons. The number of benzene rings is 1. The molecule has 0 amide bonds. The quantitative estimate of drug-likeness (QED) is 0.261. The van der Waals surface area contributed by atoms with Crippen LogP contribution in [0.25, 0.3) is 0 Å². The van der Waals surface area contributed by atoms with E-state index >= 15 is 0 Å². The van der Waals surface area contributed by atoms with Crippen molar-refractivity contribution in [1.29, 1.82) is 0 Å². The van der Waals surface area contributed by atoms with E-state index in [1.807, 2.05) is 0 Å². The lowest BCUT2D eigenvalue weighted by molar-refractivity contribution is -0.144. The van der Waals surface area contributed by atoms with Crippen LogP contribution in [-0.2, 0) is 20.8 Å². The fourth-order valence-electron chi connectivity index (χ4n) is 2.28. The molecule has 2 atom stereocenters. The number of hydrogen-bond acceptors (Lipinski definition) is 9. The fourth-order valence-corrected chi connectivity index (χ4v) is 2.28. The molecule has 0 aliphatic carbocycles. The van der Waals surface area contributed by atoms with E-state index in [0.29, 0.717) is 5.56 Å². The lowest BCUT2D eigenvalue weighted by atomic mass is 10.1. The zero-order chi connectivity index (χ0) is 21.6. The first kappa shape index (κ1) is 21.1. The summed E-state index contributed by atoms with van der Waals surface area (Å²) in [6, 6.07) is 2.98. The van der Waals surface area contributed by atoms with Crippen molar-refractivity contribution in [3.8, 4) is 5.75 Å². The van der Waals surface area contributed by atoms with Crippen molar-refractivity contribution in [3.63, 3.8) is 0 Å². The van der Waals surface area contributed by atoms with Crippen LogP contribution in [-0.4, -0.2) is 65.4 Å². The van der Waals surface area contributed by atoms with E-state index in [1.165, 1.54) is 24.3 Å². The minimum Gasteiger partial charge on any atom is -0.508 e. The van der Waals surface area contributed by atoms with Gasteiger partial charge in [-0.3, -0.25) is 9.78 Å². The molecule has 2 aromatic rings. The molecule has 0 saturated heterocycles. The molecule has 0 saturated carbocycles. The van der Waals surface area contributed by atoms with Crippen LogP contribution in [0, 0.1) is 0 Å². The molecule has 13 nitrogen and oxygen atoms in total. The van der Waals surface area contributed by atoms with Gasteiger partial charge in [-0.05, 0) is 17.7 Å². The number of carboxylic acids is 3. The summed E-state index contributed by atoms with van der Waals surface area (Å²) >= 11 is 0. The maximum atomic E-state index is 11.7. The molecular weight excluding hydrogens is 390 g/mol. The molecule has 1 aromatic carbocycles. The summed E-state index contributed by atoms with van der Waals surface area (Å²) in [6.07, 6.45) is -0.825. The number of carboxylic acid groups (broad SMARTS) is 3. The number of hydrogen-bond donors (Lipinski definition) is 7. The van der Waals surface area contributed by atoms with Crippen molar-refractivity contribution in [2.45, 2.75) is 24.9 Å². The molecule has 2 rings (SSSR count). The highest BCUT2D eigenvalue weighted by atomic mass is 16.4. The minimum atomic E-state index is -1.60. The van der Waals surface area contributed by atoms with Gasteiger partial charge in [-0.25, -0.2) is 14.4 Å². The summed E-state index contributed by atoms with van der Waals surface area (Å²) < 4.78 is 0. The lowest BCUT2D eigenvalue weighted by Gasteiger charge is -2.16. The van der Waals surface area contributed by atoms with Crippen molar-refractivity contribution < 1.29 is 34.8 Å². The predicted octanol–water partition coefficient (Wildman–Crippen LogP) is -0.682. The summed E-state index contributed by atoms with van der Waals surface area (Å²) in [5.41, 5.74) is -0.386. The smallest absolute Gasteiger partial charge is 0.350 e. The number of anilines is 2. The van der Waals surface area contributed by atoms with Crippen LogP contribution in [0.3, 0.4) is 0 Å². The predicted molar refractivity (Wildman–Crippen MR) is 96.8 cm³/mol. The van der Waals surface area contributed by atoms with E-state index in [2.05, 4.69) is 25.6 Å². The third-order valence-electron chi connectivity index (χ3n) is 3.62. The molecule has 1 aromatic heterocycles. The maximum Gasteiger partial charge on any atom is 0.350 e. The minimum absolute atomic E-state index is 0.0128.